The standard InChI is InChI=1S/C23H30N8O5/c1-28(2)8-5-7-24-21(34)17-11-16(13-29(17)3)26-22(35)18-10-15(12-30(18)4)25-20(33)14-31-9-6-19(32)27-23(31)36/h6,9-13H,5,7-8,14H2,1-4H3,(H,24,34)(H,25,33)(H,26,35)(H,27,32,36). The molecule has 0 aliphatic carbocycles. The number of anilines is 2. The van der Waals surface area contributed by atoms with Crippen LogP contribution in [-0.4, -0.2) is 68.5 Å². The van der Waals surface area contributed by atoms with Crippen LogP contribution in [0.4, 0.5) is 11.4 Å². The number of nitrogens with one attached hydrogen (secondary N) is 4. The topological polar surface area (TPSA) is 155 Å². The molecule has 0 fully saturated rings. The summed E-state index contributed by atoms with van der Waals surface area (Å²) in [7, 11) is 7.30. The summed E-state index contributed by atoms with van der Waals surface area (Å²) in [6, 6.07) is 4.22. The van der Waals surface area contributed by atoms with E-state index in [1.165, 1.54) is 12.3 Å². The van der Waals surface area contributed by atoms with Crippen molar-refractivity contribution in [3.05, 3.63) is 69.0 Å². The minimum absolute atomic E-state index is 0.234. The van der Waals surface area contributed by atoms with Gasteiger partial charge in [0, 0.05) is 45.3 Å². The van der Waals surface area contributed by atoms with E-state index in [0.717, 1.165) is 23.6 Å². The van der Waals surface area contributed by atoms with Crippen molar-refractivity contribution in [2.75, 3.05) is 37.8 Å². The fraction of sp³-hybridized carbons (Fsp3) is 0.348. The first kappa shape index (κ1) is 26.2. The van der Waals surface area contributed by atoms with Gasteiger partial charge in [-0.3, -0.25) is 28.7 Å². The lowest BCUT2D eigenvalue weighted by Crippen LogP contribution is -2.32. The monoisotopic (exact) mass is 498 g/mol. The molecule has 0 atom stereocenters. The van der Waals surface area contributed by atoms with Gasteiger partial charge in [0.1, 0.15) is 17.9 Å². The summed E-state index contributed by atoms with van der Waals surface area (Å²) < 4.78 is 4.23. The predicted molar refractivity (Wildman–Crippen MR) is 134 cm³/mol. The van der Waals surface area contributed by atoms with E-state index in [1.807, 2.05) is 19.0 Å². The zero-order valence-corrected chi connectivity index (χ0v) is 20.6. The molecule has 3 aromatic rings. The van der Waals surface area contributed by atoms with Gasteiger partial charge in [-0.2, -0.15) is 0 Å². The molecule has 0 saturated heterocycles. The third-order valence-corrected chi connectivity index (χ3v) is 5.30. The van der Waals surface area contributed by atoms with E-state index < -0.39 is 23.1 Å². The van der Waals surface area contributed by atoms with E-state index in [1.54, 1.807) is 41.7 Å². The van der Waals surface area contributed by atoms with E-state index in [-0.39, 0.29) is 18.1 Å². The van der Waals surface area contributed by atoms with Crippen molar-refractivity contribution in [1.29, 1.82) is 0 Å². The zero-order valence-electron chi connectivity index (χ0n) is 20.6. The number of nitrogens with zero attached hydrogens (tertiary/aromatic N) is 4. The number of H-pyrrole nitrogens is 1. The average molecular weight is 499 g/mol. The highest BCUT2D eigenvalue weighted by Crippen LogP contribution is 2.17. The molecule has 3 rings (SSSR count). The van der Waals surface area contributed by atoms with Crippen molar-refractivity contribution in [2.45, 2.75) is 13.0 Å². The van der Waals surface area contributed by atoms with Gasteiger partial charge in [-0.25, -0.2) is 4.79 Å². The fourth-order valence-corrected chi connectivity index (χ4v) is 3.52. The van der Waals surface area contributed by atoms with Crippen molar-refractivity contribution >= 4 is 29.1 Å². The van der Waals surface area contributed by atoms with Crippen LogP contribution < -0.4 is 27.2 Å². The van der Waals surface area contributed by atoms with Gasteiger partial charge >= 0.3 is 5.69 Å². The molecular weight excluding hydrogens is 468 g/mol. The molecule has 36 heavy (non-hydrogen) atoms. The lowest BCUT2D eigenvalue weighted by atomic mass is 10.3. The SMILES string of the molecule is CN(C)CCCNC(=O)c1cc(NC(=O)c2cc(NC(=O)Cn3ccc(=O)[nH]c3=O)cn2C)cn1C. The average Bonchev–Trinajstić information content (AvgIpc) is 3.34. The van der Waals surface area contributed by atoms with Crippen LogP contribution in [0.1, 0.15) is 27.4 Å². The van der Waals surface area contributed by atoms with Gasteiger partial charge in [0.25, 0.3) is 17.4 Å². The van der Waals surface area contributed by atoms with Gasteiger partial charge in [0.15, 0.2) is 0 Å². The van der Waals surface area contributed by atoms with Crippen molar-refractivity contribution in [3.8, 4) is 0 Å². The molecule has 0 bridgehead atoms. The smallest absolute Gasteiger partial charge is 0.328 e. The minimum atomic E-state index is -0.699. The second-order valence-electron chi connectivity index (χ2n) is 8.60. The van der Waals surface area contributed by atoms with Crippen LogP contribution in [0, 0.1) is 0 Å². The number of amides is 3. The second-order valence-corrected chi connectivity index (χ2v) is 8.60. The highest BCUT2D eigenvalue weighted by Gasteiger charge is 2.17. The number of aromatic nitrogens is 4. The number of aromatic amines is 1. The number of rotatable bonds is 10. The Morgan fingerprint density at radius 3 is 2.17 bits per heavy atom. The summed E-state index contributed by atoms with van der Waals surface area (Å²) in [5.74, 6) is -1.17. The molecule has 0 spiro atoms. The lowest BCUT2D eigenvalue weighted by molar-refractivity contribution is -0.116. The van der Waals surface area contributed by atoms with Crippen LogP contribution in [0.3, 0.4) is 0 Å². The molecular formula is C23H30N8O5. The fourth-order valence-electron chi connectivity index (χ4n) is 3.52. The summed E-state index contributed by atoms with van der Waals surface area (Å²) in [5, 5.41) is 8.24. The first-order valence-electron chi connectivity index (χ1n) is 11.2. The molecule has 13 nitrogen and oxygen atoms in total. The molecule has 4 N–H and O–H groups in total. The lowest BCUT2D eigenvalue weighted by Gasteiger charge is -2.10. The molecule has 13 heteroatoms. The highest BCUT2D eigenvalue weighted by molar-refractivity contribution is 6.05. The molecule has 3 amide bonds. The summed E-state index contributed by atoms with van der Waals surface area (Å²) in [5.41, 5.74) is 0.232. The predicted octanol–water partition coefficient (Wildman–Crippen LogP) is -0.214. The molecule has 0 unspecified atom stereocenters. The quantitative estimate of drug-likeness (QED) is 0.284. The van der Waals surface area contributed by atoms with Crippen LogP contribution in [0.2, 0.25) is 0 Å². The van der Waals surface area contributed by atoms with Crippen molar-refractivity contribution in [1.82, 2.24) is 28.9 Å². The van der Waals surface area contributed by atoms with Gasteiger partial charge in [-0.05, 0) is 39.2 Å². The maximum atomic E-state index is 12.8. The Morgan fingerprint density at radius 2 is 1.56 bits per heavy atom. The van der Waals surface area contributed by atoms with Gasteiger partial charge in [-0.15, -0.1) is 0 Å². The summed E-state index contributed by atoms with van der Waals surface area (Å²) in [6.07, 6.45) is 5.24. The van der Waals surface area contributed by atoms with E-state index in [4.69, 9.17) is 0 Å². The Bertz CT molecular complexity index is 1380. The molecule has 0 aliphatic heterocycles. The van der Waals surface area contributed by atoms with Gasteiger partial charge in [-0.1, -0.05) is 0 Å². The number of carbonyl (C=O) groups is 3. The summed E-state index contributed by atoms with van der Waals surface area (Å²) in [4.78, 5) is 64.6. The Hall–Kier alpha value is -4.39. The molecule has 192 valence electrons. The summed E-state index contributed by atoms with van der Waals surface area (Å²) in [6.45, 7) is 1.09. The minimum Gasteiger partial charge on any atom is -0.351 e. The van der Waals surface area contributed by atoms with Crippen LogP contribution >= 0.6 is 0 Å². The third kappa shape index (κ3) is 6.82. The summed E-state index contributed by atoms with van der Waals surface area (Å²) >= 11 is 0. The number of hydrogen-bond acceptors (Lipinski definition) is 6. The number of hydrogen-bond donors (Lipinski definition) is 4. The molecule has 3 aromatic heterocycles. The van der Waals surface area contributed by atoms with Crippen molar-refractivity contribution in [2.24, 2.45) is 14.1 Å². The molecule has 0 aromatic carbocycles. The molecule has 3 heterocycles. The van der Waals surface area contributed by atoms with Crippen LogP contribution in [0.5, 0.6) is 0 Å². The first-order valence-corrected chi connectivity index (χ1v) is 11.2. The molecule has 0 radical (unpaired) electrons. The Labute approximate surface area is 206 Å². The van der Waals surface area contributed by atoms with Crippen LogP contribution in [-0.2, 0) is 25.4 Å². The maximum Gasteiger partial charge on any atom is 0.328 e. The largest absolute Gasteiger partial charge is 0.351 e. The Morgan fingerprint density at radius 1 is 0.944 bits per heavy atom. The highest BCUT2D eigenvalue weighted by atomic mass is 16.2. The van der Waals surface area contributed by atoms with E-state index >= 15 is 0 Å². The van der Waals surface area contributed by atoms with Crippen LogP contribution in [0.15, 0.2) is 46.4 Å². The molecule has 0 aliphatic rings. The van der Waals surface area contributed by atoms with Gasteiger partial charge in [0.05, 0.1) is 11.4 Å². The van der Waals surface area contributed by atoms with Crippen molar-refractivity contribution in [3.63, 3.8) is 0 Å². The van der Waals surface area contributed by atoms with Crippen LogP contribution in [0.25, 0.3) is 0 Å². The first-order chi connectivity index (χ1) is 17.0. The third-order valence-electron chi connectivity index (χ3n) is 5.30. The number of aryl methyl sites for hydroxylation is 2. The second kappa shape index (κ2) is 11.4. The maximum absolute atomic E-state index is 12.8. The van der Waals surface area contributed by atoms with Gasteiger partial charge < -0.3 is 30.0 Å². The number of carbonyl (C=O) groups excluding carboxylic acids is 3. The Balaban J connectivity index is 1.60. The Kier molecular flexibility index (Phi) is 8.27. The molecule has 0 saturated carbocycles. The van der Waals surface area contributed by atoms with E-state index in [2.05, 4.69) is 20.9 Å². The van der Waals surface area contributed by atoms with E-state index in [0.29, 0.717) is 23.6 Å². The van der Waals surface area contributed by atoms with Crippen molar-refractivity contribution < 1.29 is 14.4 Å². The normalized spacial score (nSPS) is 10.9. The van der Waals surface area contributed by atoms with Gasteiger partial charge in [0.2, 0.25) is 5.91 Å². The van der Waals surface area contributed by atoms with E-state index in [9.17, 15) is 24.0 Å². The zero-order chi connectivity index (χ0) is 26.4.